The quantitative estimate of drug-likeness (QED) is 0.895. The van der Waals surface area contributed by atoms with Gasteiger partial charge in [0.25, 0.3) is 5.91 Å². The molecule has 0 aliphatic heterocycles. The summed E-state index contributed by atoms with van der Waals surface area (Å²) in [7, 11) is 0. The van der Waals surface area contributed by atoms with Gasteiger partial charge in [-0.05, 0) is 45.9 Å². The SMILES string of the molecule is Cc1ccsc1C(=O)Nc1ncc(N)cc1Br. The molecule has 2 heterocycles. The van der Waals surface area contributed by atoms with Crippen LogP contribution in [0.4, 0.5) is 11.5 Å². The number of thiophene rings is 1. The van der Waals surface area contributed by atoms with Gasteiger partial charge in [0.05, 0.1) is 21.2 Å². The first-order valence-electron chi connectivity index (χ1n) is 4.84. The van der Waals surface area contributed by atoms with Crippen molar-refractivity contribution < 1.29 is 4.79 Å². The molecule has 2 rings (SSSR count). The number of aryl methyl sites for hydroxylation is 1. The minimum Gasteiger partial charge on any atom is -0.397 e. The fourth-order valence-electron chi connectivity index (χ4n) is 1.31. The lowest BCUT2D eigenvalue weighted by Gasteiger charge is -2.06. The maximum absolute atomic E-state index is 11.9. The number of pyridine rings is 1. The summed E-state index contributed by atoms with van der Waals surface area (Å²) in [6, 6.07) is 3.61. The summed E-state index contributed by atoms with van der Waals surface area (Å²) in [6.07, 6.45) is 1.50. The van der Waals surface area contributed by atoms with Crippen molar-refractivity contribution >= 4 is 44.7 Å². The average molecular weight is 312 g/mol. The van der Waals surface area contributed by atoms with Gasteiger partial charge in [0, 0.05) is 0 Å². The topological polar surface area (TPSA) is 68.0 Å². The number of anilines is 2. The highest BCUT2D eigenvalue weighted by Crippen LogP contribution is 2.23. The summed E-state index contributed by atoms with van der Waals surface area (Å²) in [5.41, 5.74) is 7.08. The Balaban J connectivity index is 2.22. The van der Waals surface area contributed by atoms with Gasteiger partial charge in [-0.3, -0.25) is 4.79 Å². The molecule has 2 aromatic rings. The van der Waals surface area contributed by atoms with Crippen molar-refractivity contribution in [3.8, 4) is 0 Å². The summed E-state index contributed by atoms with van der Waals surface area (Å²) >= 11 is 4.71. The summed E-state index contributed by atoms with van der Waals surface area (Å²) in [4.78, 5) is 16.7. The van der Waals surface area contributed by atoms with Crippen molar-refractivity contribution in [2.24, 2.45) is 0 Å². The highest BCUT2D eigenvalue weighted by molar-refractivity contribution is 9.10. The van der Waals surface area contributed by atoms with Crippen LogP contribution >= 0.6 is 27.3 Å². The normalized spacial score (nSPS) is 10.2. The van der Waals surface area contributed by atoms with E-state index in [1.165, 1.54) is 17.5 Å². The van der Waals surface area contributed by atoms with E-state index < -0.39 is 0 Å². The number of nitrogens with two attached hydrogens (primary N) is 1. The van der Waals surface area contributed by atoms with Gasteiger partial charge in [0.15, 0.2) is 0 Å². The van der Waals surface area contributed by atoms with Crippen LogP contribution in [0.2, 0.25) is 0 Å². The Morgan fingerprint density at radius 3 is 2.94 bits per heavy atom. The molecule has 1 amide bonds. The third kappa shape index (κ3) is 2.65. The summed E-state index contributed by atoms with van der Waals surface area (Å²) in [6.45, 7) is 1.90. The number of aromatic nitrogens is 1. The molecule has 0 radical (unpaired) electrons. The fourth-order valence-corrected chi connectivity index (χ4v) is 2.60. The van der Waals surface area contributed by atoms with Gasteiger partial charge in [-0.25, -0.2) is 4.98 Å². The molecule has 6 heteroatoms. The van der Waals surface area contributed by atoms with Crippen molar-refractivity contribution in [1.82, 2.24) is 4.98 Å². The van der Waals surface area contributed by atoms with Crippen molar-refractivity contribution in [2.75, 3.05) is 11.1 Å². The molecule has 0 aliphatic rings. The number of hydrogen-bond acceptors (Lipinski definition) is 4. The van der Waals surface area contributed by atoms with Gasteiger partial charge in [-0.2, -0.15) is 0 Å². The minimum absolute atomic E-state index is 0.157. The van der Waals surface area contributed by atoms with E-state index in [1.807, 2.05) is 18.4 Å². The molecule has 0 unspecified atom stereocenters. The Kier molecular flexibility index (Phi) is 3.44. The Bertz CT molecular complexity index is 568. The van der Waals surface area contributed by atoms with E-state index in [4.69, 9.17) is 5.73 Å². The molecule has 0 aromatic carbocycles. The van der Waals surface area contributed by atoms with E-state index in [0.29, 0.717) is 20.9 Å². The fraction of sp³-hybridized carbons (Fsp3) is 0.0909. The number of rotatable bonds is 2. The van der Waals surface area contributed by atoms with Gasteiger partial charge < -0.3 is 11.1 Å². The number of hydrogen-bond donors (Lipinski definition) is 2. The lowest BCUT2D eigenvalue weighted by atomic mass is 10.3. The maximum atomic E-state index is 11.9. The number of nitrogens with one attached hydrogen (secondary N) is 1. The zero-order valence-electron chi connectivity index (χ0n) is 9.03. The van der Waals surface area contributed by atoms with Crippen LogP contribution in [0.3, 0.4) is 0 Å². The molecule has 17 heavy (non-hydrogen) atoms. The zero-order valence-corrected chi connectivity index (χ0v) is 11.4. The van der Waals surface area contributed by atoms with Crippen LogP contribution in [0, 0.1) is 6.92 Å². The van der Waals surface area contributed by atoms with Gasteiger partial charge in [0.1, 0.15) is 5.82 Å². The number of halogens is 1. The summed E-state index contributed by atoms with van der Waals surface area (Å²) in [5, 5.41) is 4.62. The third-order valence-electron chi connectivity index (χ3n) is 2.16. The van der Waals surface area contributed by atoms with E-state index in [1.54, 1.807) is 6.07 Å². The Labute approximate surface area is 111 Å². The van der Waals surface area contributed by atoms with Crippen LogP contribution in [0.15, 0.2) is 28.2 Å². The predicted molar refractivity (Wildman–Crippen MR) is 73.4 cm³/mol. The monoisotopic (exact) mass is 311 g/mol. The maximum Gasteiger partial charge on any atom is 0.267 e. The van der Waals surface area contributed by atoms with Crippen LogP contribution < -0.4 is 11.1 Å². The second-order valence-electron chi connectivity index (χ2n) is 3.49. The molecule has 0 aliphatic carbocycles. The molecule has 2 aromatic heterocycles. The highest BCUT2D eigenvalue weighted by atomic mass is 79.9. The van der Waals surface area contributed by atoms with Crippen LogP contribution in [-0.4, -0.2) is 10.9 Å². The van der Waals surface area contributed by atoms with E-state index in [9.17, 15) is 4.79 Å². The van der Waals surface area contributed by atoms with Crippen molar-refractivity contribution in [3.63, 3.8) is 0 Å². The zero-order chi connectivity index (χ0) is 12.4. The molecule has 88 valence electrons. The second kappa shape index (κ2) is 4.85. The molecular weight excluding hydrogens is 302 g/mol. The largest absolute Gasteiger partial charge is 0.397 e. The lowest BCUT2D eigenvalue weighted by molar-refractivity contribution is 0.102. The van der Waals surface area contributed by atoms with Gasteiger partial charge in [0.2, 0.25) is 0 Å². The van der Waals surface area contributed by atoms with Gasteiger partial charge >= 0.3 is 0 Å². The van der Waals surface area contributed by atoms with Crippen LogP contribution in [0.1, 0.15) is 15.2 Å². The van der Waals surface area contributed by atoms with Crippen molar-refractivity contribution in [3.05, 3.63) is 38.6 Å². The first-order valence-corrected chi connectivity index (χ1v) is 6.51. The number of nitrogen functional groups attached to an aromatic ring is 1. The Hall–Kier alpha value is -1.40. The smallest absolute Gasteiger partial charge is 0.267 e. The molecule has 0 atom stereocenters. The van der Waals surface area contributed by atoms with E-state index in [2.05, 4.69) is 26.2 Å². The van der Waals surface area contributed by atoms with Crippen molar-refractivity contribution in [2.45, 2.75) is 6.92 Å². The second-order valence-corrected chi connectivity index (χ2v) is 5.26. The Morgan fingerprint density at radius 2 is 2.35 bits per heavy atom. The van der Waals surface area contributed by atoms with Crippen molar-refractivity contribution in [1.29, 1.82) is 0 Å². The third-order valence-corrected chi connectivity index (χ3v) is 3.78. The van der Waals surface area contributed by atoms with Gasteiger partial charge in [-0.15, -0.1) is 11.3 Å². The molecule has 0 saturated carbocycles. The highest BCUT2D eigenvalue weighted by Gasteiger charge is 2.12. The molecule has 0 spiro atoms. The minimum atomic E-state index is -0.157. The average Bonchev–Trinajstić information content (AvgIpc) is 2.68. The Morgan fingerprint density at radius 1 is 1.59 bits per heavy atom. The van der Waals surface area contributed by atoms with E-state index in [-0.39, 0.29) is 5.91 Å². The molecule has 0 fully saturated rings. The summed E-state index contributed by atoms with van der Waals surface area (Å²) < 4.78 is 0.667. The summed E-state index contributed by atoms with van der Waals surface area (Å²) in [5.74, 6) is 0.312. The first kappa shape index (κ1) is 12.1. The molecule has 0 saturated heterocycles. The molecule has 4 nitrogen and oxygen atoms in total. The predicted octanol–water partition coefficient (Wildman–Crippen LogP) is 3.05. The molecule has 0 bridgehead atoms. The van der Waals surface area contributed by atoms with E-state index in [0.717, 1.165) is 5.56 Å². The molecular formula is C11H10BrN3OS. The van der Waals surface area contributed by atoms with Crippen LogP contribution in [0.25, 0.3) is 0 Å². The number of nitrogens with zero attached hydrogens (tertiary/aromatic N) is 1. The van der Waals surface area contributed by atoms with Crippen LogP contribution in [0.5, 0.6) is 0 Å². The first-order chi connectivity index (χ1) is 8.08. The van der Waals surface area contributed by atoms with Gasteiger partial charge in [-0.1, -0.05) is 0 Å². The lowest BCUT2D eigenvalue weighted by Crippen LogP contribution is -2.13. The standard InChI is InChI=1S/C11H10BrN3OS/c1-6-2-3-17-9(6)11(16)15-10-8(12)4-7(13)5-14-10/h2-5H,13H2,1H3,(H,14,15,16). The van der Waals surface area contributed by atoms with Crippen LogP contribution in [-0.2, 0) is 0 Å². The number of carbonyl (C=O) groups is 1. The van der Waals surface area contributed by atoms with E-state index >= 15 is 0 Å². The number of amides is 1. The molecule has 3 N–H and O–H groups in total. The number of carbonyl (C=O) groups excluding carboxylic acids is 1.